The molecule has 7 nitrogen and oxygen atoms in total. The van der Waals surface area contributed by atoms with Gasteiger partial charge in [-0.2, -0.15) is 0 Å². The lowest BCUT2D eigenvalue weighted by atomic mass is 9.70. The summed E-state index contributed by atoms with van der Waals surface area (Å²) < 4.78 is -0.763. The number of thioether (sulfide) groups is 1. The average molecular weight is 641 g/mol. The number of fused-ring (bicyclic) bond motifs is 1. The number of carbonyl (C=O) groups is 3. The molecule has 3 aliphatic heterocycles. The fourth-order valence-electron chi connectivity index (χ4n) is 7.64. The van der Waals surface area contributed by atoms with Crippen LogP contribution >= 0.6 is 27.7 Å². The molecule has 3 rings (SSSR count). The smallest absolute Gasteiger partial charge is 0.247 e. The Kier molecular flexibility index (Phi) is 10.1. The quantitative estimate of drug-likeness (QED) is 0.247. The Labute approximate surface area is 254 Å². The van der Waals surface area contributed by atoms with Gasteiger partial charge in [-0.1, -0.05) is 69.1 Å². The fourth-order valence-corrected chi connectivity index (χ4v) is 11.2. The first kappa shape index (κ1) is 33.2. The van der Waals surface area contributed by atoms with E-state index in [4.69, 9.17) is 0 Å². The van der Waals surface area contributed by atoms with Crippen LogP contribution in [-0.2, 0) is 14.4 Å². The molecule has 2 bridgehead atoms. The maximum Gasteiger partial charge on any atom is 0.247 e. The molecule has 0 aliphatic carbocycles. The zero-order valence-corrected chi connectivity index (χ0v) is 28.1. The molecule has 3 aliphatic rings. The molecule has 0 aromatic heterocycles. The number of rotatable bonds is 12. The minimum absolute atomic E-state index is 0.00510. The van der Waals surface area contributed by atoms with Crippen molar-refractivity contribution in [3.8, 4) is 0 Å². The van der Waals surface area contributed by atoms with Crippen LogP contribution < -0.4 is 0 Å². The molecule has 1 N–H and O–H groups in total. The van der Waals surface area contributed by atoms with Gasteiger partial charge in [0.25, 0.3) is 0 Å². The number of nitrogens with zero attached hydrogens (tertiary/aromatic N) is 3. The van der Waals surface area contributed by atoms with Crippen LogP contribution in [0.25, 0.3) is 0 Å². The van der Waals surface area contributed by atoms with Gasteiger partial charge in [-0.25, -0.2) is 0 Å². The molecule has 3 amide bonds. The first-order valence-corrected chi connectivity index (χ1v) is 16.4. The molecule has 40 heavy (non-hydrogen) atoms. The summed E-state index contributed by atoms with van der Waals surface area (Å²) in [6, 6.07) is -1.30. The fraction of sp³-hybridized carbons (Fsp3) is 0.774. The Morgan fingerprint density at radius 2 is 1.80 bits per heavy atom. The molecule has 9 heteroatoms. The van der Waals surface area contributed by atoms with Crippen molar-refractivity contribution in [2.75, 3.05) is 26.7 Å². The molecule has 0 aromatic carbocycles. The molecule has 3 heterocycles. The Morgan fingerprint density at radius 3 is 2.30 bits per heavy atom. The average Bonchev–Trinajstić information content (AvgIpc) is 3.44. The van der Waals surface area contributed by atoms with Crippen LogP contribution in [0, 0.1) is 23.2 Å². The van der Waals surface area contributed by atoms with E-state index in [2.05, 4.69) is 63.7 Å². The van der Waals surface area contributed by atoms with Gasteiger partial charge in [0.05, 0.1) is 29.2 Å². The van der Waals surface area contributed by atoms with Gasteiger partial charge in [0, 0.05) is 35.8 Å². The Balaban J connectivity index is 2.20. The predicted octanol–water partition coefficient (Wildman–Crippen LogP) is 4.73. The van der Waals surface area contributed by atoms with Crippen molar-refractivity contribution < 1.29 is 19.5 Å². The summed E-state index contributed by atoms with van der Waals surface area (Å²) in [6.07, 6.45) is 5.56. The van der Waals surface area contributed by atoms with E-state index in [1.54, 1.807) is 40.8 Å². The molecule has 3 fully saturated rings. The largest absolute Gasteiger partial charge is 0.394 e. The normalized spacial score (nSPS) is 31.1. The summed E-state index contributed by atoms with van der Waals surface area (Å²) in [6.45, 7) is 22.9. The van der Waals surface area contributed by atoms with Crippen LogP contribution in [-0.4, -0.2) is 96.7 Å². The van der Waals surface area contributed by atoms with Gasteiger partial charge in [0.1, 0.15) is 6.04 Å². The summed E-state index contributed by atoms with van der Waals surface area (Å²) in [4.78, 5) is 48.6. The second-order valence-electron chi connectivity index (χ2n) is 13.8. The third-order valence-corrected chi connectivity index (χ3v) is 12.4. The van der Waals surface area contributed by atoms with Crippen LogP contribution in [0.15, 0.2) is 25.3 Å². The van der Waals surface area contributed by atoms with Gasteiger partial charge in [-0.15, -0.1) is 24.9 Å². The van der Waals surface area contributed by atoms with Crippen molar-refractivity contribution in [1.82, 2.24) is 14.7 Å². The van der Waals surface area contributed by atoms with Crippen molar-refractivity contribution in [1.29, 1.82) is 0 Å². The molecule has 8 atom stereocenters. The van der Waals surface area contributed by atoms with E-state index in [1.807, 2.05) is 18.7 Å². The van der Waals surface area contributed by atoms with Crippen LogP contribution in [0.1, 0.15) is 67.7 Å². The molecule has 0 radical (unpaired) electrons. The number of amides is 3. The molecule has 226 valence electrons. The van der Waals surface area contributed by atoms with E-state index < -0.39 is 34.2 Å². The van der Waals surface area contributed by atoms with Crippen LogP contribution in [0.2, 0.25) is 0 Å². The van der Waals surface area contributed by atoms with E-state index in [9.17, 15) is 19.5 Å². The van der Waals surface area contributed by atoms with Gasteiger partial charge >= 0.3 is 0 Å². The number of likely N-dealkylation sites (N-methyl/N-ethyl adjacent to an activating group) is 1. The van der Waals surface area contributed by atoms with Gasteiger partial charge in [-0.05, 0) is 38.0 Å². The highest BCUT2D eigenvalue weighted by Gasteiger charge is 2.76. The van der Waals surface area contributed by atoms with Crippen LogP contribution in [0.5, 0.6) is 0 Å². The number of likely N-dealkylation sites (tertiary alicyclic amines) is 1. The zero-order chi connectivity index (χ0) is 30.4. The van der Waals surface area contributed by atoms with Crippen LogP contribution in [0.4, 0.5) is 0 Å². The number of hydrogen-bond acceptors (Lipinski definition) is 5. The standard InChI is InChI=1S/C31H50BrN3O4S/c1-11-14-33(10)26(37)22-23-27(38)35(21(17-36)19(4)13-3)25(31(23)16-20(32)24(22)40-31)28(39)34(15-12-2)30(8,9)18-29(5,6)7/h11-12,19-25,36H,1-2,13-18H2,3-10H3/t19-,20?,21-,22+,23-,24+,25?,31?/m0/s1. The molecule has 3 saturated heterocycles. The van der Waals surface area contributed by atoms with E-state index in [0.717, 1.165) is 12.8 Å². The maximum absolute atomic E-state index is 15.0. The summed E-state index contributed by atoms with van der Waals surface area (Å²) in [5.41, 5.74) is -0.541. The van der Waals surface area contributed by atoms with Gasteiger partial charge in [-0.3, -0.25) is 14.4 Å². The number of aliphatic hydroxyl groups is 1. The topological polar surface area (TPSA) is 81.2 Å². The van der Waals surface area contributed by atoms with Crippen molar-refractivity contribution in [2.24, 2.45) is 23.2 Å². The van der Waals surface area contributed by atoms with Crippen molar-refractivity contribution in [3.63, 3.8) is 0 Å². The number of hydrogen-bond donors (Lipinski definition) is 1. The lowest BCUT2D eigenvalue weighted by Crippen LogP contribution is -2.62. The lowest BCUT2D eigenvalue weighted by Gasteiger charge is -2.47. The van der Waals surface area contributed by atoms with E-state index in [0.29, 0.717) is 19.5 Å². The molecule has 0 aromatic rings. The zero-order valence-electron chi connectivity index (χ0n) is 25.7. The van der Waals surface area contributed by atoms with Gasteiger partial charge in [0.15, 0.2) is 0 Å². The second-order valence-corrected chi connectivity index (χ2v) is 16.6. The second kappa shape index (κ2) is 12.1. The molecule has 1 spiro atoms. The summed E-state index contributed by atoms with van der Waals surface area (Å²) in [5, 5.41) is 10.5. The maximum atomic E-state index is 15.0. The van der Waals surface area contributed by atoms with Crippen molar-refractivity contribution in [2.45, 2.75) is 100 Å². The minimum atomic E-state index is -0.784. The minimum Gasteiger partial charge on any atom is -0.394 e. The van der Waals surface area contributed by atoms with E-state index >= 15 is 0 Å². The molecular weight excluding hydrogens is 590 g/mol. The summed E-state index contributed by atoms with van der Waals surface area (Å²) >= 11 is 5.49. The predicted molar refractivity (Wildman–Crippen MR) is 167 cm³/mol. The van der Waals surface area contributed by atoms with Crippen LogP contribution in [0.3, 0.4) is 0 Å². The SMILES string of the molecule is C=CCN(C)C(=O)[C@H]1[C@@H]2SC3(CC2Br)C(C(=O)N(CC=C)C(C)(C)CC(C)(C)C)N([C@@H](CO)[C@@H](C)CC)C(=O)[C@H]13. The first-order valence-electron chi connectivity index (χ1n) is 14.6. The number of carbonyl (C=O) groups excluding carboxylic acids is 3. The third-order valence-electron chi connectivity index (χ3n) is 9.14. The van der Waals surface area contributed by atoms with Gasteiger partial charge in [0.2, 0.25) is 17.7 Å². The van der Waals surface area contributed by atoms with Crippen molar-refractivity contribution in [3.05, 3.63) is 25.3 Å². The van der Waals surface area contributed by atoms with Crippen molar-refractivity contribution >= 4 is 45.4 Å². The number of aliphatic hydroxyl groups excluding tert-OH is 1. The Morgan fingerprint density at radius 1 is 1.20 bits per heavy atom. The highest BCUT2D eigenvalue weighted by atomic mass is 79.9. The Hall–Kier alpha value is -1.32. The summed E-state index contributed by atoms with van der Waals surface area (Å²) in [7, 11) is 1.74. The Bertz CT molecular complexity index is 1010. The number of alkyl halides is 1. The van der Waals surface area contributed by atoms with Gasteiger partial charge < -0.3 is 19.8 Å². The molecule has 3 unspecified atom stereocenters. The summed E-state index contributed by atoms with van der Waals surface area (Å²) in [5.74, 6) is -1.58. The monoisotopic (exact) mass is 639 g/mol. The highest BCUT2D eigenvalue weighted by molar-refractivity contribution is 9.09. The van der Waals surface area contributed by atoms with E-state index in [-0.39, 0.29) is 45.7 Å². The molecule has 0 saturated carbocycles. The highest BCUT2D eigenvalue weighted by Crippen LogP contribution is 2.68. The lowest BCUT2D eigenvalue weighted by molar-refractivity contribution is -0.150. The third kappa shape index (κ3) is 5.68. The van der Waals surface area contributed by atoms with E-state index in [1.165, 1.54) is 0 Å². The molecular formula is C31H50BrN3O4S. The number of halogens is 1. The first-order chi connectivity index (χ1) is 18.5.